The van der Waals surface area contributed by atoms with Gasteiger partial charge in [0.15, 0.2) is 0 Å². The van der Waals surface area contributed by atoms with E-state index in [9.17, 15) is 9.90 Å². The molecule has 0 aliphatic carbocycles. The minimum Gasteiger partial charge on any atom is -0.460 e. The highest BCUT2D eigenvalue weighted by Gasteiger charge is 2.47. The first-order valence-corrected chi connectivity index (χ1v) is 8.12. The van der Waals surface area contributed by atoms with Crippen LogP contribution in [0, 0.1) is 0 Å². The number of ether oxygens (including phenoxy) is 1. The molecule has 8 heteroatoms. The van der Waals surface area contributed by atoms with Crippen molar-refractivity contribution in [2.45, 2.75) is 24.5 Å². The molecule has 0 aromatic carbocycles. The Kier molecular flexibility index (Phi) is 9.64. The van der Waals surface area contributed by atoms with Crippen molar-refractivity contribution in [3.63, 3.8) is 0 Å². The van der Waals surface area contributed by atoms with Crippen molar-refractivity contribution in [2.24, 2.45) is 5.73 Å². The van der Waals surface area contributed by atoms with Gasteiger partial charge < -0.3 is 28.9 Å². The highest BCUT2D eigenvalue weighted by Crippen LogP contribution is 2.31. The van der Waals surface area contributed by atoms with E-state index < -0.39 is 20.9 Å². The van der Waals surface area contributed by atoms with Gasteiger partial charge in [-0.2, -0.15) is 0 Å². The van der Waals surface area contributed by atoms with Crippen LogP contribution in [0.15, 0.2) is 12.7 Å². The second-order valence-electron chi connectivity index (χ2n) is 4.21. The molecule has 0 radical (unpaired) electrons. The summed E-state index contributed by atoms with van der Waals surface area (Å²) in [6.07, 6.45) is 1.09. The predicted octanol–water partition coefficient (Wildman–Crippen LogP) is 0.0637. The molecule has 20 heavy (non-hydrogen) atoms. The van der Waals surface area contributed by atoms with Gasteiger partial charge >= 0.3 is 14.8 Å². The van der Waals surface area contributed by atoms with Gasteiger partial charge in [0.1, 0.15) is 6.61 Å². The van der Waals surface area contributed by atoms with Crippen molar-refractivity contribution >= 4 is 14.8 Å². The van der Waals surface area contributed by atoms with Crippen LogP contribution in [0.25, 0.3) is 0 Å². The van der Waals surface area contributed by atoms with Crippen LogP contribution in [-0.2, 0) is 22.8 Å². The van der Waals surface area contributed by atoms with Crippen LogP contribution >= 0.6 is 0 Å². The lowest BCUT2D eigenvalue weighted by atomic mass is 10.1. The zero-order valence-electron chi connectivity index (χ0n) is 12.3. The quantitative estimate of drug-likeness (QED) is 0.316. The number of hydrogen-bond donors (Lipinski definition) is 2. The molecule has 0 aliphatic rings. The minimum atomic E-state index is -2.90. The van der Waals surface area contributed by atoms with Gasteiger partial charge in [-0.25, -0.2) is 4.79 Å². The number of aliphatic hydroxyl groups excluding tert-OH is 1. The molecule has 2 atom stereocenters. The maximum Gasteiger partial charge on any atom is 0.503 e. The zero-order chi connectivity index (χ0) is 15.6. The molecule has 7 nitrogen and oxygen atoms in total. The minimum absolute atomic E-state index is 0.118. The molecule has 0 saturated carbocycles. The molecule has 0 fully saturated rings. The second kappa shape index (κ2) is 10.0. The fourth-order valence-electron chi connectivity index (χ4n) is 2.02. The van der Waals surface area contributed by atoms with Gasteiger partial charge in [-0.05, 0) is 19.4 Å². The lowest BCUT2D eigenvalue weighted by Crippen LogP contribution is -2.49. The van der Waals surface area contributed by atoms with Crippen molar-refractivity contribution < 1.29 is 27.9 Å². The van der Waals surface area contributed by atoms with Crippen molar-refractivity contribution in [3.8, 4) is 0 Å². The highest BCUT2D eigenvalue weighted by atomic mass is 28.4. The smallest absolute Gasteiger partial charge is 0.460 e. The van der Waals surface area contributed by atoms with Crippen LogP contribution in [0.3, 0.4) is 0 Å². The van der Waals surface area contributed by atoms with Crippen LogP contribution in [0.2, 0.25) is 5.54 Å². The lowest BCUT2D eigenvalue weighted by Gasteiger charge is -2.33. The number of nitrogens with two attached hydrogens (primary N) is 1. The van der Waals surface area contributed by atoms with E-state index >= 15 is 0 Å². The van der Waals surface area contributed by atoms with Gasteiger partial charge in [-0.3, -0.25) is 0 Å². The molecular weight excluding hydrogens is 282 g/mol. The van der Waals surface area contributed by atoms with Gasteiger partial charge in [-0.15, -0.1) is 0 Å². The highest BCUT2D eigenvalue weighted by molar-refractivity contribution is 6.62. The van der Waals surface area contributed by atoms with E-state index in [0.717, 1.165) is 6.08 Å². The van der Waals surface area contributed by atoms with Gasteiger partial charge in [0, 0.05) is 32.9 Å². The Morgan fingerprint density at radius 1 is 1.35 bits per heavy atom. The van der Waals surface area contributed by atoms with Crippen LogP contribution in [0.1, 0.15) is 12.8 Å². The number of aliphatic hydroxyl groups is 1. The number of rotatable bonds is 11. The monoisotopic (exact) mass is 307 g/mol. The summed E-state index contributed by atoms with van der Waals surface area (Å²) in [4.78, 5) is 11.0. The Balaban J connectivity index is 4.66. The molecule has 0 bridgehead atoms. The summed E-state index contributed by atoms with van der Waals surface area (Å²) in [7, 11) is 1.62. The molecule has 0 rings (SSSR count). The van der Waals surface area contributed by atoms with Crippen LogP contribution in [-0.4, -0.2) is 60.5 Å². The van der Waals surface area contributed by atoms with Crippen molar-refractivity contribution in [3.05, 3.63) is 12.7 Å². The molecule has 0 aliphatic heterocycles. The maximum absolute atomic E-state index is 11.0. The topological polar surface area (TPSA) is 100 Å². The number of esters is 1. The molecule has 0 amide bonds. The first-order valence-electron chi connectivity index (χ1n) is 6.32. The van der Waals surface area contributed by atoms with E-state index in [1.54, 1.807) is 0 Å². The standard InChI is InChI=1S/C12H25NO6Si/c1-5-12(15)19-9-10(14)8-11(6-7-13)20(16-2,17-3)18-4/h5,10-11,14H,1,6-9,13H2,2-4H3. The van der Waals surface area contributed by atoms with E-state index in [1.807, 2.05) is 0 Å². The zero-order valence-corrected chi connectivity index (χ0v) is 13.3. The molecule has 2 unspecified atom stereocenters. The summed E-state index contributed by atoms with van der Waals surface area (Å²) in [6, 6.07) is 0. The Labute approximate surface area is 121 Å². The Morgan fingerprint density at radius 3 is 2.30 bits per heavy atom. The second-order valence-corrected chi connectivity index (χ2v) is 7.46. The van der Waals surface area contributed by atoms with Crippen molar-refractivity contribution in [2.75, 3.05) is 34.5 Å². The fourth-order valence-corrected chi connectivity index (χ4v) is 4.60. The maximum atomic E-state index is 11.0. The predicted molar refractivity (Wildman–Crippen MR) is 76.0 cm³/mol. The van der Waals surface area contributed by atoms with Gasteiger partial charge in [-0.1, -0.05) is 6.58 Å². The van der Waals surface area contributed by atoms with E-state index in [0.29, 0.717) is 19.4 Å². The van der Waals surface area contributed by atoms with Crippen LogP contribution in [0.4, 0.5) is 0 Å². The number of carbonyl (C=O) groups is 1. The average Bonchev–Trinajstić information content (AvgIpc) is 2.47. The molecule has 0 aromatic heterocycles. The Morgan fingerprint density at radius 2 is 1.90 bits per heavy atom. The first-order chi connectivity index (χ1) is 9.49. The fraction of sp³-hybridized carbons (Fsp3) is 0.750. The normalized spacial score (nSPS) is 14.7. The van der Waals surface area contributed by atoms with E-state index in [4.69, 9.17) is 23.7 Å². The van der Waals surface area contributed by atoms with E-state index in [1.165, 1.54) is 21.3 Å². The summed E-state index contributed by atoms with van der Waals surface area (Å²) in [6.45, 7) is 3.58. The summed E-state index contributed by atoms with van der Waals surface area (Å²) in [5.41, 5.74) is 5.41. The van der Waals surface area contributed by atoms with E-state index in [2.05, 4.69) is 6.58 Å². The first kappa shape index (κ1) is 19.2. The molecule has 0 heterocycles. The molecule has 118 valence electrons. The van der Waals surface area contributed by atoms with Crippen LogP contribution in [0.5, 0.6) is 0 Å². The van der Waals surface area contributed by atoms with Crippen molar-refractivity contribution in [1.82, 2.24) is 0 Å². The van der Waals surface area contributed by atoms with Gasteiger partial charge in [0.2, 0.25) is 0 Å². The van der Waals surface area contributed by atoms with Gasteiger partial charge in [0.25, 0.3) is 0 Å². The lowest BCUT2D eigenvalue weighted by molar-refractivity contribution is -0.140. The average molecular weight is 307 g/mol. The summed E-state index contributed by atoms with van der Waals surface area (Å²) < 4.78 is 21.0. The van der Waals surface area contributed by atoms with Crippen LogP contribution < -0.4 is 5.73 Å². The van der Waals surface area contributed by atoms with Gasteiger partial charge in [0.05, 0.1) is 6.10 Å². The van der Waals surface area contributed by atoms with Crippen molar-refractivity contribution in [1.29, 1.82) is 0 Å². The molecule has 0 aromatic rings. The molecular formula is C12H25NO6Si. The largest absolute Gasteiger partial charge is 0.503 e. The summed E-state index contributed by atoms with van der Waals surface area (Å²) in [5.74, 6) is -0.576. The molecule has 0 spiro atoms. The third-order valence-electron chi connectivity index (χ3n) is 3.01. The third-order valence-corrected chi connectivity index (χ3v) is 6.24. The molecule has 3 N–H and O–H groups in total. The SMILES string of the molecule is C=CC(=O)OCC(O)CC(CCN)[Si](OC)(OC)OC. The third kappa shape index (κ3) is 5.69. The molecule has 0 saturated heterocycles. The van der Waals surface area contributed by atoms with E-state index in [-0.39, 0.29) is 12.1 Å². The number of hydrogen-bond acceptors (Lipinski definition) is 7. The summed E-state index contributed by atoms with van der Waals surface area (Å²) >= 11 is 0. The Bertz CT molecular complexity index is 289. The Hall–Kier alpha value is -0.773. The summed E-state index contributed by atoms with van der Waals surface area (Å²) in [5, 5.41) is 9.94. The number of carbonyl (C=O) groups excluding carboxylic acids is 1.